The van der Waals surface area contributed by atoms with Gasteiger partial charge in [-0.05, 0) is 117 Å². The zero-order valence-corrected chi connectivity index (χ0v) is 26.8. The molecular formula is C49H30. The van der Waals surface area contributed by atoms with Crippen molar-refractivity contribution in [2.24, 2.45) is 0 Å². The average Bonchev–Trinajstić information content (AvgIpc) is 3.64. The summed E-state index contributed by atoms with van der Waals surface area (Å²) in [6.45, 7) is 0. The topological polar surface area (TPSA) is 0 Å². The molecule has 0 radical (unpaired) electrons. The van der Waals surface area contributed by atoms with Crippen LogP contribution in [0.5, 0.6) is 0 Å². The molecule has 226 valence electrons. The molecule has 0 aromatic heterocycles. The molecule has 1 spiro atoms. The zero-order valence-electron chi connectivity index (χ0n) is 26.8. The van der Waals surface area contributed by atoms with Crippen LogP contribution in [0.25, 0.3) is 76.8 Å². The van der Waals surface area contributed by atoms with Gasteiger partial charge >= 0.3 is 0 Å². The third-order valence-electron chi connectivity index (χ3n) is 11.3. The van der Waals surface area contributed by atoms with E-state index in [4.69, 9.17) is 0 Å². The zero-order chi connectivity index (χ0) is 32.1. The maximum atomic E-state index is 2.54. The summed E-state index contributed by atoms with van der Waals surface area (Å²) in [6, 6.07) is 68.0. The highest BCUT2D eigenvalue weighted by Gasteiger charge is 2.51. The summed E-state index contributed by atoms with van der Waals surface area (Å²) in [4.78, 5) is 0. The van der Waals surface area contributed by atoms with E-state index < -0.39 is 5.41 Å². The molecule has 1 atom stereocenters. The van der Waals surface area contributed by atoms with Crippen LogP contribution in [0.15, 0.2) is 182 Å². The van der Waals surface area contributed by atoms with E-state index in [9.17, 15) is 0 Å². The summed E-state index contributed by atoms with van der Waals surface area (Å²) in [5, 5.41) is 7.89. The minimum absolute atomic E-state index is 0.394. The van der Waals surface area contributed by atoms with Gasteiger partial charge in [0.25, 0.3) is 0 Å². The highest BCUT2D eigenvalue weighted by Crippen LogP contribution is 2.63. The van der Waals surface area contributed by atoms with Crippen LogP contribution in [0.1, 0.15) is 22.3 Å². The molecule has 0 bridgehead atoms. The molecule has 0 saturated heterocycles. The SMILES string of the molecule is c1ccc(-c2ccc(-c3ccc4c(c3)-c3ccccc3C43c4ccccc4-c4cc5c6ccccc6c6ccccc6c5cc43)cc2)cc1. The number of rotatable bonds is 2. The minimum atomic E-state index is -0.394. The Hall–Kier alpha value is -6.24. The van der Waals surface area contributed by atoms with Crippen LogP contribution in [0.4, 0.5) is 0 Å². The normalized spacial score (nSPS) is 15.4. The fourth-order valence-corrected chi connectivity index (χ4v) is 9.20. The molecule has 0 aliphatic heterocycles. The summed E-state index contributed by atoms with van der Waals surface area (Å²) >= 11 is 0. The van der Waals surface area contributed by atoms with Gasteiger partial charge in [0.15, 0.2) is 0 Å². The maximum Gasteiger partial charge on any atom is 0.0725 e. The number of hydrogen-bond donors (Lipinski definition) is 0. The molecule has 0 saturated carbocycles. The maximum absolute atomic E-state index is 2.54. The Balaban J connectivity index is 1.19. The van der Waals surface area contributed by atoms with Gasteiger partial charge in [-0.3, -0.25) is 0 Å². The second-order valence-corrected chi connectivity index (χ2v) is 13.6. The number of hydrogen-bond acceptors (Lipinski definition) is 0. The van der Waals surface area contributed by atoms with Crippen molar-refractivity contribution in [3.8, 4) is 44.5 Å². The van der Waals surface area contributed by atoms with E-state index in [2.05, 4.69) is 182 Å². The highest BCUT2D eigenvalue weighted by atomic mass is 14.5. The van der Waals surface area contributed by atoms with Gasteiger partial charge in [0, 0.05) is 0 Å². The van der Waals surface area contributed by atoms with Crippen molar-refractivity contribution in [1.29, 1.82) is 0 Å². The Morgan fingerprint density at radius 3 is 1.24 bits per heavy atom. The third-order valence-corrected chi connectivity index (χ3v) is 11.3. The molecule has 49 heavy (non-hydrogen) atoms. The molecule has 0 heterocycles. The number of benzene rings is 9. The van der Waals surface area contributed by atoms with Gasteiger partial charge in [-0.2, -0.15) is 0 Å². The third kappa shape index (κ3) is 3.53. The van der Waals surface area contributed by atoms with Crippen molar-refractivity contribution in [1.82, 2.24) is 0 Å². The Labute approximate surface area is 285 Å². The van der Waals surface area contributed by atoms with Crippen molar-refractivity contribution in [2.45, 2.75) is 5.41 Å². The van der Waals surface area contributed by atoms with E-state index in [1.54, 1.807) is 0 Å². The first-order valence-corrected chi connectivity index (χ1v) is 17.2. The fraction of sp³-hybridized carbons (Fsp3) is 0.0204. The van der Waals surface area contributed by atoms with Crippen molar-refractivity contribution in [3.63, 3.8) is 0 Å². The quantitative estimate of drug-likeness (QED) is 0.169. The summed E-state index contributed by atoms with van der Waals surface area (Å²) in [6.07, 6.45) is 0. The van der Waals surface area contributed by atoms with Gasteiger partial charge in [-0.15, -0.1) is 0 Å². The van der Waals surface area contributed by atoms with Crippen LogP contribution in [0.2, 0.25) is 0 Å². The van der Waals surface area contributed by atoms with Crippen LogP contribution in [-0.4, -0.2) is 0 Å². The van der Waals surface area contributed by atoms with Crippen LogP contribution in [-0.2, 0) is 5.41 Å². The predicted molar refractivity (Wildman–Crippen MR) is 206 cm³/mol. The lowest BCUT2D eigenvalue weighted by atomic mass is 9.70. The molecular weight excluding hydrogens is 589 g/mol. The summed E-state index contributed by atoms with van der Waals surface area (Å²) < 4.78 is 0. The minimum Gasteiger partial charge on any atom is -0.0622 e. The number of fused-ring (bicyclic) bond motifs is 16. The second-order valence-electron chi connectivity index (χ2n) is 13.6. The summed E-state index contributed by atoms with van der Waals surface area (Å²) in [5.41, 5.74) is 15.4. The molecule has 0 fully saturated rings. The highest BCUT2D eigenvalue weighted by molar-refractivity contribution is 6.26. The van der Waals surface area contributed by atoms with E-state index >= 15 is 0 Å². The molecule has 9 aromatic carbocycles. The van der Waals surface area contributed by atoms with Gasteiger partial charge in [0.05, 0.1) is 5.41 Å². The smallest absolute Gasteiger partial charge is 0.0622 e. The van der Waals surface area contributed by atoms with Crippen LogP contribution >= 0.6 is 0 Å². The second kappa shape index (κ2) is 9.89. The van der Waals surface area contributed by atoms with Gasteiger partial charge in [0.2, 0.25) is 0 Å². The van der Waals surface area contributed by atoms with Gasteiger partial charge < -0.3 is 0 Å². The summed E-state index contributed by atoms with van der Waals surface area (Å²) in [7, 11) is 0. The summed E-state index contributed by atoms with van der Waals surface area (Å²) in [5.74, 6) is 0. The van der Waals surface area contributed by atoms with Gasteiger partial charge in [-0.25, -0.2) is 0 Å². The van der Waals surface area contributed by atoms with Gasteiger partial charge in [0.1, 0.15) is 0 Å². The first-order valence-electron chi connectivity index (χ1n) is 17.2. The fourth-order valence-electron chi connectivity index (χ4n) is 9.20. The molecule has 0 heteroatoms. The lowest BCUT2D eigenvalue weighted by Gasteiger charge is -2.31. The molecule has 0 amide bonds. The molecule has 1 unspecified atom stereocenters. The van der Waals surface area contributed by atoms with Crippen molar-refractivity contribution < 1.29 is 0 Å². The van der Waals surface area contributed by atoms with E-state index in [0.717, 1.165) is 0 Å². The van der Waals surface area contributed by atoms with E-state index in [0.29, 0.717) is 0 Å². The van der Waals surface area contributed by atoms with Crippen molar-refractivity contribution in [2.75, 3.05) is 0 Å². The average molecular weight is 619 g/mol. The molecule has 2 aliphatic carbocycles. The monoisotopic (exact) mass is 618 g/mol. The van der Waals surface area contributed by atoms with E-state index in [1.165, 1.54) is 99.1 Å². The van der Waals surface area contributed by atoms with E-state index in [-0.39, 0.29) is 0 Å². The Morgan fingerprint density at radius 1 is 0.224 bits per heavy atom. The standard InChI is InChI=1S/C49H30/c1-2-12-31(13-3-1)32-22-24-33(25-23-32)34-26-27-47-43(28-34)39-18-8-10-20-45(39)49(47)46-21-11-9-19-40(46)44-29-41-37-16-6-4-14-35(37)36-15-5-7-17-38(36)42(41)30-48(44)49/h1-30H. The van der Waals surface area contributed by atoms with Crippen LogP contribution in [0.3, 0.4) is 0 Å². The van der Waals surface area contributed by atoms with Crippen molar-refractivity contribution in [3.05, 3.63) is 204 Å². The largest absolute Gasteiger partial charge is 0.0725 e. The molecule has 0 nitrogen and oxygen atoms in total. The molecule has 2 aliphatic rings. The van der Waals surface area contributed by atoms with Crippen LogP contribution in [0, 0.1) is 0 Å². The molecule has 9 aromatic rings. The first-order chi connectivity index (χ1) is 24.3. The molecule has 0 N–H and O–H groups in total. The van der Waals surface area contributed by atoms with Crippen LogP contribution < -0.4 is 0 Å². The Bertz CT molecular complexity index is 2800. The first kappa shape index (κ1) is 26.8. The van der Waals surface area contributed by atoms with Crippen molar-refractivity contribution >= 4 is 32.3 Å². The Morgan fingerprint density at radius 2 is 0.633 bits per heavy atom. The molecule has 11 rings (SSSR count). The Kier molecular flexibility index (Phi) is 5.41. The van der Waals surface area contributed by atoms with E-state index in [1.807, 2.05) is 0 Å². The lowest BCUT2D eigenvalue weighted by Crippen LogP contribution is -2.25. The lowest BCUT2D eigenvalue weighted by molar-refractivity contribution is 0.795. The predicted octanol–water partition coefficient (Wildman–Crippen LogP) is 12.8. The van der Waals surface area contributed by atoms with Gasteiger partial charge in [-0.1, -0.05) is 164 Å².